The molecule has 2 aliphatic rings. The summed E-state index contributed by atoms with van der Waals surface area (Å²) < 4.78 is 4.11. The molecule has 4 aromatic rings. The number of thioether (sulfide) groups is 1. The third-order valence-corrected chi connectivity index (χ3v) is 8.76. The van der Waals surface area contributed by atoms with Gasteiger partial charge in [-0.15, -0.1) is 33.3 Å². The van der Waals surface area contributed by atoms with Gasteiger partial charge in [-0.05, 0) is 62.1 Å². The van der Waals surface area contributed by atoms with Crippen LogP contribution in [-0.2, 0) is 7.05 Å². The molecule has 148 valence electrons. The number of fused-ring (bicyclic) bond motifs is 1. The number of pyridine rings is 1. The molecule has 0 N–H and O–H groups in total. The molecule has 7 heteroatoms. The first-order chi connectivity index (χ1) is 14.2. The molecule has 2 saturated carbocycles. The fraction of sp³-hybridized carbons (Fsp3) is 0.409. The van der Waals surface area contributed by atoms with Gasteiger partial charge in [0, 0.05) is 40.4 Å². The Bertz CT molecular complexity index is 1170. The highest BCUT2D eigenvalue weighted by Gasteiger charge is 2.44. The normalized spacial score (nSPS) is 18.7. The van der Waals surface area contributed by atoms with Crippen molar-refractivity contribution in [2.75, 3.05) is 0 Å². The second kappa shape index (κ2) is 6.71. The van der Waals surface area contributed by atoms with Crippen molar-refractivity contribution in [3.8, 4) is 16.4 Å². The Balaban J connectivity index is 1.24. The van der Waals surface area contributed by atoms with E-state index in [0.29, 0.717) is 0 Å². The van der Waals surface area contributed by atoms with E-state index in [4.69, 9.17) is 4.98 Å². The van der Waals surface area contributed by atoms with Crippen LogP contribution >= 0.6 is 23.1 Å². The van der Waals surface area contributed by atoms with Crippen molar-refractivity contribution in [2.24, 2.45) is 12.5 Å². The molecule has 0 aliphatic heterocycles. The van der Waals surface area contributed by atoms with Gasteiger partial charge in [-0.3, -0.25) is 0 Å². The lowest BCUT2D eigenvalue weighted by molar-refractivity contribution is 0.344. The highest BCUT2D eigenvalue weighted by Crippen LogP contribution is 2.57. The highest BCUT2D eigenvalue weighted by molar-refractivity contribution is 8.00. The molecule has 0 atom stereocenters. The fourth-order valence-corrected chi connectivity index (χ4v) is 6.62. The monoisotopic (exact) mass is 421 g/mol. The molecule has 0 saturated heterocycles. The van der Waals surface area contributed by atoms with E-state index in [9.17, 15) is 0 Å². The van der Waals surface area contributed by atoms with Gasteiger partial charge in [0.25, 0.3) is 0 Å². The maximum absolute atomic E-state index is 4.83. The largest absolute Gasteiger partial charge is 0.316 e. The molecule has 1 spiro atoms. The summed E-state index contributed by atoms with van der Waals surface area (Å²) >= 11 is 3.71. The van der Waals surface area contributed by atoms with E-state index in [-0.39, 0.29) is 0 Å². The second-order valence-electron chi connectivity index (χ2n) is 8.52. The van der Waals surface area contributed by atoms with Crippen LogP contribution in [0.3, 0.4) is 0 Å². The van der Waals surface area contributed by atoms with Gasteiger partial charge in [-0.1, -0.05) is 0 Å². The quantitative estimate of drug-likeness (QED) is 0.424. The lowest BCUT2D eigenvalue weighted by atomic mass is 9.86. The van der Waals surface area contributed by atoms with Gasteiger partial charge in [-0.2, -0.15) is 0 Å². The van der Waals surface area contributed by atoms with Crippen molar-refractivity contribution in [1.82, 2.24) is 24.3 Å². The van der Waals surface area contributed by atoms with E-state index in [1.54, 1.807) is 17.7 Å². The zero-order valence-corrected chi connectivity index (χ0v) is 18.0. The molecule has 0 aromatic carbocycles. The number of hydrogen-bond donors (Lipinski definition) is 0. The van der Waals surface area contributed by atoms with Gasteiger partial charge in [0.15, 0.2) is 5.82 Å². The zero-order chi connectivity index (χ0) is 19.4. The summed E-state index contributed by atoms with van der Waals surface area (Å²) in [6, 6.07) is 6.64. The van der Waals surface area contributed by atoms with Crippen LogP contribution in [0.2, 0.25) is 0 Å². The van der Waals surface area contributed by atoms with Gasteiger partial charge in [0.1, 0.15) is 12.0 Å². The van der Waals surface area contributed by atoms with Crippen molar-refractivity contribution in [3.05, 3.63) is 42.3 Å². The summed E-state index contributed by atoms with van der Waals surface area (Å²) in [4.78, 5) is 7.24. The Morgan fingerprint density at radius 1 is 1.17 bits per heavy atom. The minimum atomic E-state index is 0.758. The minimum absolute atomic E-state index is 0.758. The Labute approximate surface area is 178 Å². The van der Waals surface area contributed by atoms with E-state index in [2.05, 4.69) is 50.7 Å². The summed E-state index contributed by atoms with van der Waals surface area (Å²) in [6.45, 7) is 0. The standard InChI is InChI=1S/C22H23N5S2/c1-26-14-24-25-21(26)19-11-16(13-28-19)27-9-4-15-10-18(12-23-20(15)27)29-17-2-5-22(6-3-17)7-8-22/h4,9-14,17H,2-3,5-8H2,1H3. The molecular weight excluding hydrogens is 398 g/mol. The smallest absolute Gasteiger partial charge is 0.173 e. The minimum Gasteiger partial charge on any atom is -0.316 e. The molecule has 5 nitrogen and oxygen atoms in total. The SMILES string of the molecule is Cn1cnnc1-c1cc(-n2ccc3cc(SC4CCC5(CC4)CC5)cnc32)cs1. The van der Waals surface area contributed by atoms with Crippen LogP contribution < -0.4 is 0 Å². The third kappa shape index (κ3) is 3.20. The second-order valence-corrected chi connectivity index (χ2v) is 10.8. The van der Waals surface area contributed by atoms with Gasteiger partial charge in [0.05, 0.1) is 10.6 Å². The van der Waals surface area contributed by atoms with E-state index in [1.165, 1.54) is 48.8 Å². The first kappa shape index (κ1) is 17.7. The van der Waals surface area contributed by atoms with Crippen LogP contribution in [0.4, 0.5) is 0 Å². The molecule has 6 rings (SSSR count). The first-order valence-corrected chi connectivity index (χ1v) is 12.0. The van der Waals surface area contributed by atoms with Gasteiger partial charge >= 0.3 is 0 Å². The first-order valence-electron chi connectivity index (χ1n) is 10.3. The van der Waals surface area contributed by atoms with Crippen molar-refractivity contribution < 1.29 is 0 Å². The number of aromatic nitrogens is 5. The summed E-state index contributed by atoms with van der Waals surface area (Å²) in [6.07, 6.45) is 14.5. The molecule has 4 heterocycles. The highest BCUT2D eigenvalue weighted by atomic mass is 32.2. The Morgan fingerprint density at radius 3 is 2.79 bits per heavy atom. The number of hydrogen-bond acceptors (Lipinski definition) is 5. The number of nitrogens with zero attached hydrogens (tertiary/aromatic N) is 5. The fourth-order valence-electron chi connectivity index (χ4n) is 4.54. The molecule has 2 fully saturated rings. The van der Waals surface area contributed by atoms with Crippen LogP contribution in [-0.4, -0.2) is 29.6 Å². The Hall–Kier alpha value is -2.12. The number of rotatable bonds is 4. The predicted molar refractivity (Wildman–Crippen MR) is 119 cm³/mol. The summed E-state index contributed by atoms with van der Waals surface area (Å²) in [5, 5.41) is 12.3. The average molecular weight is 422 g/mol. The van der Waals surface area contributed by atoms with Crippen LogP contribution in [0.5, 0.6) is 0 Å². The predicted octanol–water partition coefficient (Wildman–Crippen LogP) is 5.70. The van der Waals surface area contributed by atoms with E-state index >= 15 is 0 Å². The molecule has 0 bridgehead atoms. The van der Waals surface area contributed by atoms with Crippen LogP contribution in [0.15, 0.2) is 47.2 Å². The molecule has 2 aliphatic carbocycles. The van der Waals surface area contributed by atoms with E-state index in [1.807, 2.05) is 23.4 Å². The van der Waals surface area contributed by atoms with Crippen molar-refractivity contribution >= 4 is 34.1 Å². The third-order valence-electron chi connectivity index (χ3n) is 6.55. The average Bonchev–Trinajstić information content (AvgIpc) is 3.10. The zero-order valence-electron chi connectivity index (χ0n) is 16.4. The number of aryl methyl sites for hydroxylation is 1. The molecule has 0 radical (unpaired) electrons. The van der Waals surface area contributed by atoms with Crippen molar-refractivity contribution in [3.63, 3.8) is 0 Å². The maximum Gasteiger partial charge on any atom is 0.173 e. The lowest BCUT2D eigenvalue weighted by Gasteiger charge is -2.27. The Kier molecular flexibility index (Phi) is 4.10. The molecule has 29 heavy (non-hydrogen) atoms. The topological polar surface area (TPSA) is 48.5 Å². The lowest BCUT2D eigenvalue weighted by Crippen LogP contribution is -2.16. The number of thiophene rings is 1. The Morgan fingerprint density at radius 2 is 2.03 bits per heavy atom. The van der Waals surface area contributed by atoms with E-state index in [0.717, 1.165) is 32.7 Å². The van der Waals surface area contributed by atoms with Crippen molar-refractivity contribution in [1.29, 1.82) is 0 Å². The van der Waals surface area contributed by atoms with Gasteiger partial charge in [0.2, 0.25) is 0 Å². The van der Waals surface area contributed by atoms with Gasteiger partial charge in [-0.25, -0.2) is 4.98 Å². The molecule has 4 aromatic heterocycles. The molecular formula is C22H23N5S2. The summed E-state index contributed by atoms with van der Waals surface area (Å²) in [5.41, 5.74) is 2.90. The molecule has 0 unspecified atom stereocenters. The maximum atomic E-state index is 4.83. The van der Waals surface area contributed by atoms with E-state index < -0.39 is 0 Å². The van der Waals surface area contributed by atoms with Crippen LogP contribution in [0.25, 0.3) is 27.4 Å². The van der Waals surface area contributed by atoms with Crippen LogP contribution in [0.1, 0.15) is 38.5 Å². The van der Waals surface area contributed by atoms with Crippen molar-refractivity contribution in [2.45, 2.75) is 48.7 Å². The van der Waals surface area contributed by atoms with Crippen LogP contribution in [0, 0.1) is 5.41 Å². The van der Waals surface area contributed by atoms with Gasteiger partial charge < -0.3 is 9.13 Å². The molecule has 0 amide bonds. The summed E-state index contributed by atoms with van der Waals surface area (Å²) in [5.74, 6) is 0.893. The summed E-state index contributed by atoms with van der Waals surface area (Å²) in [7, 11) is 1.97.